The van der Waals surface area contributed by atoms with Gasteiger partial charge in [-0.1, -0.05) is 311 Å². The maximum atomic E-state index is 13.0. The number of carbonyl (C=O) groups excluding carboxylic acids is 4. The zero-order valence-corrected chi connectivity index (χ0v) is 60.2. The Morgan fingerprint density at radius 3 is 0.844 bits per heavy atom. The van der Waals surface area contributed by atoms with Gasteiger partial charge in [-0.2, -0.15) is 0 Å². The Hall–Kier alpha value is -1.94. The van der Waals surface area contributed by atoms with Gasteiger partial charge < -0.3 is 33.8 Å². The van der Waals surface area contributed by atoms with E-state index in [-0.39, 0.29) is 25.7 Å². The maximum Gasteiger partial charge on any atom is 0.472 e. The molecule has 0 spiro atoms. The molecule has 90 heavy (non-hydrogen) atoms. The lowest BCUT2D eigenvalue weighted by Gasteiger charge is -2.21. The van der Waals surface area contributed by atoms with Crippen LogP contribution in [0.5, 0.6) is 0 Å². The Morgan fingerprint density at radius 1 is 0.322 bits per heavy atom. The van der Waals surface area contributed by atoms with E-state index < -0.39 is 97.5 Å². The Balaban J connectivity index is 5.24. The number of rotatable bonds is 70. The molecule has 0 aromatic heterocycles. The van der Waals surface area contributed by atoms with Gasteiger partial charge in [0.05, 0.1) is 26.4 Å². The third kappa shape index (κ3) is 63.5. The largest absolute Gasteiger partial charge is 0.472 e. The van der Waals surface area contributed by atoms with Crippen LogP contribution in [0, 0.1) is 11.8 Å². The number of aliphatic hydroxyl groups excluding tert-OH is 1. The number of phosphoric acid groups is 2. The summed E-state index contributed by atoms with van der Waals surface area (Å²) in [4.78, 5) is 72.6. The first kappa shape index (κ1) is 88.1. The van der Waals surface area contributed by atoms with Crippen molar-refractivity contribution in [1.29, 1.82) is 0 Å². The van der Waals surface area contributed by atoms with Crippen LogP contribution < -0.4 is 0 Å². The molecule has 3 unspecified atom stereocenters. The molecule has 0 saturated heterocycles. The van der Waals surface area contributed by atoms with E-state index in [0.29, 0.717) is 25.7 Å². The van der Waals surface area contributed by atoms with E-state index in [9.17, 15) is 43.2 Å². The smallest absolute Gasteiger partial charge is 0.462 e. The molecular weight excluding hydrogens is 1190 g/mol. The number of ether oxygens (including phenoxy) is 4. The summed E-state index contributed by atoms with van der Waals surface area (Å²) >= 11 is 0. The van der Waals surface area contributed by atoms with Gasteiger partial charge in [0, 0.05) is 25.7 Å². The SMILES string of the molecule is CCCCCCCCCCCCCCCCC(=O)OC[C@H](COP(=O)(O)OC[C@@H](O)COP(=O)(O)OC[C@@H](COC(=O)CCCCCCCCCCCC)OC(=O)CCCCCCCCC(C)CC)OC(=O)CCCCCCCCCCCCCCCC(C)C. The first-order chi connectivity index (χ1) is 43.4. The number of esters is 4. The average Bonchev–Trinajstić information content (AvgIpc) is 3.05. The van der Waals surface area contributed by atoms with Gasteiger partial charge in [0.2, 0.25) is 0 Å². The molecule has 0 rings (SSSR count). The predicted octanol–water partition coefficient (Wildman–Crippen LogP) is 20.4. The molecule has 19 heteroatoms. The summed E-state index contributed by atoms with van der Waals surface area (Å²) in [5, 5.41) is 10.6. The zero-order chi connectivity index (χ0) is 66.5. The normalized spacial score (nSPS) is 14.4. The van der Waals surface area contributed by atoms with Gasteiger partial charge in [-0.15, -0.1) is 0 Å². The summed E-state index contributed by atoms with van der Waals surface area (Å²) in [6.45, 7) is 9.52. The van der Waals surface area contributed by atoms with E-state index in [1.54, 1.807) is 0 Å². The van der Waals surface area contributed by atoms with Crippen molar-refractivity contribution in [3.8, 4) is 0 Å². The van der Waals surface area contributed by atoms with E-state index >= 15 is 0 Å². The lowest BCUT2D eigenvalue weighted by atomic mass is 10.00. The first-order valence-electron chi connectivity index (χ1n) is 37.0. The second-order valence-corrected chi connectivity index (χ2v) is 29.3. The van der Waals surface area contributed by atoms with Crippen molar-refractivity contribution in [2.24, 2.45) is 11.8 Å². The van der Waals surface area contributed by atoms with E-state index in [4.69, 9.17) is 37.0 Å². The molecule has 0 aliphatic carbocycles. The highest BCUT2D eigenvalue weighted by Gasteiger charge is 2.30. The molecule has 0 fully saturated rings. The van der Waals surface area contributed by atoms with E-state index in [1.807, 2.05) is 0 Å². The van der Waals surface area contributed by atoms with Gasteiger partial charge in [0.25, 0.3) is 0 Å². The van der Waals surface area contributed by atoms with E-state index in [2.05, 4.69) is 41.5 Å². The Kier molecular flexibility index (Phi) is 61.8. The summed E-state index contributed by atoms with van der Waals surface area (Å²) < 4.78 is 68.3. The van der Waals surface area contributed by atoms with Crippen LogP contribution in [-0.4, -0.2) is 96.7 Å². The lowest BCUT2D eigenvalue weighted by molar-refractivity contribution is -0.161. The van der Waals surface area contributed by atoms with Crippen molar-refractivity contribution in [3.63, 3.8) is 0 Å². The minimum absolute atomic E-state index is 0.103. The molecule has 0 aliphatic rings. The summed E-state index contributed by atoms with van der Waals surface area (Å²) in [5.74, 6) is -0.617. The molecule has 6 atom stereocenters. The summed E-state index contributed by atoms with van der Waals surface area (Å²) in [6, 6.07) is 0. The summed E-state index contributed by atoms with van der Waals surface area (Å²) in [6.07, 6.45) is 48.5. The van der Waals surface area contributed by atoms with E-state index in [1.165, 1.54) is 180 Å². The Labute approximate surface area is 549 Å². The number of hydrogen-bond donors (Lipinski definition) is 3. The van der Waals surface area contributed by atoms with Crippen molar-refractivity contribution in [2.45, 2.75) is 381 Å². The zero-order valence-electron chi connectivity index (χ0n) is 58.4. The van der Waals surface area contributed by atoms with Gasteiger partial charge in [0.1, 0.15) is 19.3 Å². The van der Waals surface area contributed by atoms with Crippen LogP contribution in [0.4, 0.5) is 0 Å². The fourth-order valence-electron chi connectivity index (χ4n) is 10.7. The molecule has 0 radical (unpaired) electrons. The quantitative estimate of drug-likeness (QED) is 0.0222. The minimum Gasteiger partial charge on any atom is -0.462 e. The molecule has 534 valence electrons. The predicted molar refractivity (Wildman–Crippen MR) is 363 cm³/mol. The number of aliphatic hydroxyl groups is 1. The van der Waals surface area contributed by atoms with Crippen molar-refractivity contribution in [2.75, 3.05) is 39.6 Å². The third-order valence-electron chi connectivity index (χ3n) is 16.8. The molecule has 0 bridgehead atoms. The number of hydrogen-bond acceptors (Lipinski definition) is 15. The van der Waals surface area contributed by atoms with Crippen LogP contribution in [0.2, 0.25) is 0 Å². The highest BCUT2D eigenvalue weighted by molar-refractivity contribution is 7.47. The van der Waals surface area contributed by atoms with Gasteiger partial charge in [-0.3, -0.25) is 37.3 Å². The Morgan fingerprint density at radius 2 is 0.567 bits per heavy atom. The van der Waals surface area contributed by atoms with Crippen molar-refractivity contribution in [3.05, 3.63) is 0 Å². The lowest BCUT2D eigenvalue weighted by Crippen LogP contribution is -2.30. The monoisotopic (exact) mass is 1320 g/mol. The minimum atomic E-state index is -4.95. The van der Waals surface area contributed by atoms with Gasteiger partial charge in [-0.25, -0.2) is 9.13 Å². The second-order valence-electron chi connectivity index (χ2n) is 26.3. The van der Waals surface area contributed by atoms with Crippen LogP contribution in [0.15, 0.2) is 0 Å². The van der Waals surface area contributed by atoms with Gasteiger partial charge in [0.15, 0.2) is 12.2 Å². The number of phosphoric ester groups is 2. The van der Waals surface area contributed by atoms with Crippen molar-refractivity contribution >= 4 is 39.5 Å². The van der Waals surface area contributed by atoms with Crippen LogP contribution in [0.3, 0.4) is 0 Å². The topological polar surface area (TPSA) is 237 Å². The number of carbonyl (C=O) groups is 4. The van der Waals surface area contributed by atoms with Crippen LogP contribution in [-0.2, 0) is 65.4 Å². The Bertz CT molecular complexity index is 1750. The van der Waals surface area contributed by atoms with Crippen LogP contribution >= 0.6 is 15.6 Å². The fraction of sp³-hybridized carbons (Fsp3) is 0.944. The van der Waals surface area contributed by atoms with Crippen molar-refractivity contribution in [1.82, 2.24) is 0 Å². The second kappa shape index (κ2) is 63.1. The molecule has 3 N–H and O–H groups in total. The molecule has 0 aliphatic heterocycles. The summed E-state index contributed by atoms with van der Waals surface area (Å²) in [7, 11) is -9.90. The van der Waals surface area contributed by atoms with Crippen LogP contribution in [0.25, 0.3) is 0 Å². The molecule has 0 aromatic carbocycles. The third-order valence-corrected chi connectivity index (χ3v) is 18.7. The molecule has 0 amide bonds. The molecule has 0 heterocycles. The summed E-state index contributed by atoms with van der Waals surface area (Å²) in [5.41, 5.74) is 0. The molecule has 0 saturated carbocycles. The number of unbranched alkanes of at least 4 members (excludes halogenated alkanes) is 39. The average molecular weight is 1330 g/mol. The highest BCUT2D eigenvalue weighted by Crippen LogP contribution is 2.45. The first-order valence-corrected chi connectivity index (χ1v) is 40.0. The maximum absolute atomic E-state index is 13.0. The van der Waals surface area contributed by atoms with E-state index in [0.717, 1.165) is 102 Å². The van der Waals surface area contributed by atoms with Gasteiger partial charge >= 0.3 is 39.5 Å². The molecule has 17 nitrogen and oxygen atoms in total. The van der Waals surface area contributed by atoms with Gasteiger partial charge in [-0.05, 0) is 37.5 Å². The fourth-order valence-corrected chi connectivity index (χ4v) is 12.3. The van der Waals surface area contributed by atoms with Crippen LogP contribution in [0.1, 0.15) is 363 Å². The molecule has 0 aromatic rings. The molecular formula is C71H138O17P2. The standard InChI is InChI=1S/C71H138O17P2/c1-7-10-12-14-16-18-20-21-24-27-31-35-42-48-54-69(74)81-59-66(87-70(75)55-49-43-36-32-28-25-22-23-26-29-33-39-45-51-63(4)5)61-85-89(77,78)83-57-65(72)58-84-90(79,80)86-62-67(88-71(76)56-50-44-38-37-40-46-52-64(6)9-3)60-82-68(73)53-47-41-34-30-19-17-15-13-11-8-2/h63-67,72H,7-62H2,1-6H3,(H,77,78)(H,79,80)/t64?,65-,66-,67-/m1/s1. The highest BCUT2D eigenvalue weighted by atomic mass is 31.2. The van der Waals surface area contributed by atoms with Crippen molar-refractivity contribution < 1.29 is 80.2 Å².